The topological polar surface area (TPSA) is 88.5 Å². The van der Waals surface area contributed by atoms with E-state index in [1.807, 2.05) is 6.07 Å². The van der Waals surface area contributed by atoms with Crippen LogP contribution in [0.4, 0.5) is 5.69 Å². The molecule has 0 spiro atoms. The molecule has 0 atom stereocenters. The molecule has 0 saturated carbocycles. The maximum absolute atomic E-state index is 12.4. The van der Waals surface area contributed by atoms with Crippen LogP contribution in [0.15, 0.2) is 54.6 Å². The molecule has 6 nitrogen and oxygen atoms in total. The number of hydrogen-bond acceptors (Lipinski definition) is 4. The number of carboxylic acid groups (broad SMARTS) is 1. The van der Waals surface area contributed by atoms with Crippen molar-refractivity contribution in [2.24, 2.45) is 0 Å². The highest BCUT2D eigenvalue weighted by Crippen LogP contribution is 2.20. The predicted octanol–water partition coefficient (Wildman–Crippen LogP) is 3.19. The zero-order valence-electron chi connectivity index (χ0n) is 12.8. The van der Waals surface area contributed by atoms with Gasteiger partial charge in [0.25, 0.3) is 5.91 Å². The summed E-state index contributed by atoms with van der Waals surface area (Å²) in [5, 5.41) is 12.6. The summed E-state index contributed by atoms with van der Waals surface area (Å²) in [4.78, 5) is 27.9. The van der Waals surface area contributed by atoms with E-state index in [1.165, 1.54) is 12.1 Å². The summed E-state index contributed by atoms with van der Waals surface area (Å²) < 4.78 is 5.15. The van der Waals surface area contributed by atoms with Crippen LogP contribution in [-0.2, 0) is 0 Å². The molecule has 2 aromatic carbocycles. The third kappa shape index (κ3) is 3.03. The number of aromatic carboxylic acids is 1. The lowest BCUT2D eigenvalue weighted by Crippen LogP contribution is -2.16. The van der Waals surface area contributed by atoms with E-state index < -0.39 is 11.9 Å². The molecular weight excluding hydrogens is 308 g/mol. The number of benzene rings is 2. The van der Waals surface area contributed by atoms with Gasteiger partial charge in [0, 0.05) is 5.39 Å². The summed E-state index contributed by atoms with van der Waals surface area (Å²) in [5.74, 6) is -0.872. The van der Waals surface area contributed by atoms with Crippen LogP contribution in [0.2, 0.25) is 0 Å². The molecule has 0 bridgehead atoms. The fourth-order valence-corrected chi connectivity index (χ4v) is 2.32. The Balaban J connectivity index is 1.90. The largest absolute Gasteiger partial charge is 0.497 e. The Morgan fingerprint density at radius 1 is 1.08 bits per heavy atom. The van der Waals surface area contributed by atoms with E-state index in [2.05, 4.69) is 10.3 Å². The number of anilines is 1. The van der Waals surface area contributed by atoms with Crippen LogP contribution >= 0.6 is 0 Å². The first-order chi connectivity index (χ1) is 11.6. The predicted molar refractivity (Wildman–Crippen MR) is 89.6 cm³/mol. The number of amides is 1. The highest BCUT2D eigenvalue weighted by Gasteiger charge is 2.14. The molecule has 0 aliphatic carbocycles. The molecule has 1 aromatic heterocycles. The molecule has 0 aliphatic rings. The number of fused-ring (bicyclic) bond motifs is 1. The number of para-hydroxylation sites is 1. The molecule has 2 N–H and O–H groups in total. The second kappa shape index (κ2) is 6.37. The number of rotatable bonds is 4. The van der Waals surface area contributed by atoms with Gasteiger partial charge in [-0.05, 0) is 36.4 Å². The zero-order chi connectivity index (χ0) is 17.1. The Kier molecular flexibility index (Phi) is 4.11. The minimum Gasteiger partial charge on any atom is -0.497 e. The lowest BCUT2D eigenvalue weighted by molar-refractivity contribution is 0.0698. The van der Waals surface area contributed by atoms with Gasteiger partial charge in [0.15, 0.2) is 0 Å². The van der Waals surface area contributed by atoms with Gasteiger partial charge >= 0.3 is 5.97 Å². The molecule has 0 radical (unpaired) electrons. The van der Waals surface area contributed by atoms with Crippen molar-refractivity contribution in [2.75, 3.05) is 12.4 Å². The number of ether oxygens (including phenoxy) is 1. The van der Waals surface area contributed by atoms with Crippen LogP contribution in [0.1, 0.15) is 20.8 Å². The number of nitrogens with zero attached hydrogens (tertiary/aromatic N) is 1. The third-order valence-corrected chi connectivity index (χ3v) is 3.53. The Morgan fingerprint density at radius 2 is 1.88 bits per heavy atom. The molecule has 0 aliphatic heterocycles. The van der Waals surface area contributed by atoms with Crippen molar-refractivity contribution in [3.8, 4) is 5.75 Å². The van der Waals surface area contributed by atoms with Crippen molar-refractivity contribution >= 4 is 28.5 Å². The highest BCUT2D eigenvalue weighted by atomic mass is 16.5. The molecule has 3 aromatic rings. The van der Waals surface area contributed by atoms with E-state index in [1.54, 1.807) is 43.5 Å². The molecule has 3 rings (SSSR count). The van der Waals surface area contributed by atoms with Crippen molar-refractivity contribution in [1.82, 2.24) is 4.98 Å². The van der Waals surface area contributed by atoms with Crippen LogP contribution in [-0.4, -0.2) is 29.1 Å². The molecule has 6 heteroatoms. The Labute approximate surface area is 137 Å². The summed E-state index contributed by atoms with van der Waals surface area (Å²) in [6.45, 7) is 0. The van der Waals surface area contributed by atoms with Crippen LogP contribution < -0.4 is 10.1 Å². The summed E-state index contributed by atoms with van der Waals surface area (Å²) in [7, 11) is 1.58. The Bertz CT molecular complexity index is 937. The molecule has 1 heterocycles. The lowest BCUT2D eigenvalue weighted by atomic mass is 10.1. The SMILES string of the molecule is COc1ccc2nc(C(=O)Nc3ccccc3C(=O)O)ccc2c1. The van der Waals surface area contributed by atoms with Gasteiger partial charge in [-0.2, -0.15) is 0 Å². The Morgan fingerprint density at radius 3 is 2.62 bits per heavy atom. The van der Waals surface area contributed by atoms with Gasteiger partial charge in [0.05, 0.1) is 23.9 Å². The third-order valence-electron chi connectivity index (χ3n) is 3.53. The van der Waals surface area contributed by atoms with Gasteiger partial charge in [-0.1, -0.05) is 18.2 Å². The second-order valence-corrected chi connectivity index (χ2v) is 5.06. The van der Waals surface area contributed by atoms with E-state index in [-0.39, 0.29) is 16.9 Å². The normalized spacial score (nSPS) is 10.4. The van der Waals surface area contributed by atoms with E-state index in [9.17, 15) is 9.59 Å². The summed E-state index contributed by atoms with van der Waals surface area (Å²) in [5.41, 5.74) is 1.10. The van der Waals surface area contributed by atoms with Crippen LogP contribution in [0, 0.1) is 0 Å². The van der Waals surface area contributed by atoms with Gasteiger partial charge in [0.1, 0.15) is 11.4 Å². The average Bonchev–Trinajstić information content (AvgIpc) is 2.61. The number of carbonyl (C=O) groups excluding carboxylic acids is 1. The van der Waals surface area contributed by atoms with E-state index in [0.29, 0.717) is 11.3 Å². The van der Waals surface area contributed by atoms with Crippen molar-refractivity contribution in [3.63, 3.8) is 0 Å². The number of nitrogens with one attached hydrogen (secondary N) is 1. The zero-order valence-corrected chi connectivity index (χ0v) is 12.8. The average molecular weight is 322 g/mol. The second-order valence-electron chi connectivity index (χ2n) is 5.06. The lowest BCUT2D eigenvalue weighted by Gasteiger charge is -2.08. The van der Waals surface area contributed by atoms with Crippen LogP contribution in [0.25, 0.3) is 10.9 Å². The first-order valence-electron chi connectivity index (χ1n) is 7.17. The fraction of sp³-hybridized carbons (Fsp3) is 0.0556. The maximum Gasteiger partial charge on any atom is 0.337 e. The minimum atomic E-state index is -1.11. The first-order valence-corrected chi connectivity index (χ1v) is 7.17. The number of pyridine rings is 1. The molecule has 0 saturated heterocycles. The van der Waals surface area contributed by atoms with Crippen molar-refractivity contribution < 1.29 is 19.4 Å². The number of methoxy groups -OCH3 is 1. The molecule has 120 valence electrons. The number of carbonyl (C=O) groups is 2. The molecule has 0 fully saturated rings. The Hall–Kier alpha value is -3.41. The fourth-order valence-electron chi connectivity index (χ4n) is 2.32. The van der Waals surface area contributed by atoms with Crippen molar-refractivity contribution in [2.45, 2.75) is 0 Å². The minimum absolute atomic E-state index is 0.0244. The summed E-state index contributed by atoms with van der Waals surface area (Å²) >= 11 is 0. The quantitative estimate of drug-likeness (QED) is 0.770. The molecule has 1 amide bonds. The highest BCUT2D eigenvalue weighted by molar-refractivity contribution is 6.07. The van der Waals surface area contributed by atoms with E-state index in [4.69, 9.17) is 9.84 Å². The first kappa shape index (κ1) is 15.5. The number of hydrogen-bond donors (Lipinski definition) is 2. The van der Waals surface area contributed by atoms with Crippen LogP contribution in [0.3, 0.4) is 0 Å². The van der Waals surface area contributed by atoms with Crippen molar-refractivity contribution in [3.05, 3.63) is 65.9 Å². The standard InChI is InChI=1S/C18H14N2O4/c1-24-12-7-9-14-11(10-12)6-8-16(19-14)17(21)20-15-5-3-2-4-13(15)18(22)23/h2-10H,1H3,(H,20,21)(H,22,23). The van der Waals surface area contributed by atoms with E-state index >= 15 is 0 Å². The number of carboxylic acids is 1. The smallest absolute Gasteiger partial charge is 0.337 e. The maximum atomic E-state index is 12.4. The molecule has 24 heavy (non-hydrogen) atoms. The molecule has 0 unspecified atom stereocenters. The van der Waals surface area contributed by atoms with Gasteiger partial charge in [-0.3, -0.25) is 4.79 Å². The monoisotopic (exact) mass is 322 g/mol. The van der Waals surface area contributed by atoms with Gasteiger partial charge < -0.3 is 15.2 Å². The van der Waals surface area contributed by atoms with Gasteiger partial charge in [0.2, 0.25) is 0 Å². The van der Waals surface area contributed by atoms with Crippen molar-refractivity contribution in [1.29, 1.82) is 0 Å². The number of aromatic nitrogens is 1. The van der Waals surface area contributed by atoms with Crippen LogP contribution in [0.5, 0.6) is 5.75 Å². The van der Waals surface area contributed by atoms with Gasteiger partial charge in [-0.25, -0.2) is 9.78 Å². The molecular formula is C18H14N2O4. The van der Waals surface area contributed by atoms with Gasteiger partial charge in [-0.15, -0.1) is 0 Å². The summed E-state index contributed by atoms with van der Waals surface area (Å²) in [6.07, 6.45) is 0. The summed E-state index contributed by atoms with van der Waals surface area (Å²) in [6, 6.07) is 14.9. The van der Waals surface area contributed by atoms with E-state index in [0.717, 1.165) is 5.39 Å².